The minimum Gasteiger partial charge on any atom is -0.493 e. The van der Waals surface area contributed by atoms with Crippen LogP contribution in [0.2, 0.25) is 0 Å². The SMILES string of the molecule is Cn1cc(CCNS(=O)(=O)c2ccc3c(c2)CCCO3)cn1. The van der Waals surface area contributed by atoms with Gasteiger partial charge in [0.25, 0.3) is 0 Å². The first-order valence-corrected chi connectivity index (χ1v) is 8.76. The molecule has 0 saturated carbocycles. The van der Waals surface area contributed by atoms with Crippen LogP contribution in [0.5, 0.6) is 5.75 Å². The lowest BCUT2D eigenvalue weighted by molar-refractivity contribution is 0.288. The zero-order chi connectivity index (χ0) is 15.6. The number of rotatable bonds is 5. The van der Waals surface area contributed by atoms with Crippen molar-refractivity contribution in [3.8, 4) is 5.75 Å². The Hall–Kier alpha value is -1.86. The highest BCUT2D eigenvalue weighted by Crippen LogP contribution is 2.27. The Balaban J connectivity index is 1.67. The summed E-state index contributed by atoms with van der Waals surface area (Å²) < 4.78 is 34.5. The fourth-order valence-electron chi connectivity index (χ4n) is 2.52. The number of hydrogen-bond acceptors (Lipinski definition) is 4. The third kappa shape index (κ3) is 3.31. The van der Waals surface area contributed by atoms with Crippen LogP contribution in [0, 0.1) is 0 Å². The topological polar surface area (TPSA) is 73.2 Å². The fourth-order valence-corrected chi connectivity index (χ4v) is 3.60. The number of fused-ring (bicyclic) bond motifs is 1. The third-order valence-corrected chi connectivity index (χ3v) is 5.11. The Morgan fingerprint density at radius 1 is 1.41 bits per heavy atom. The number of ether oxygens (including phenoxy) is 1. The summed E-state index contributed by atoms with van der Waals surface area (Å²) in [7, 11) is -1.65. The number of nitrogens with one attached hydrogen (secondary N) is 1. The Morgan fingerprint density at radius 2 is 2.27 bits per heavy atom. The van der Waals surface area contributed by atoms with Gasteiger partial charge in [-0.2, -0.15) is 5.10 Å². The molecular formula is C15H19N3O3S. The number of benzene rings is 1. The predicted molar refractivity (Wildman–Crippen MR) is 82.4 cm³/mol. The molecular weight excluding hydrogens is 302 g/mol. The van der Waals surface area contributed by atoms with Crippen LogP contribution < -0.4 is 9.46 Å². The summed E-state index contributed by atoms with van der Waals surface area (Å²) in [5.74, 6) is 0.792. The largest absolute Gasteiger partial charge is 0.493 e. The summed E-state index contributed by atoms with van der Waals surface area (Å²) in [6.07, 6.45) is 6.01. The molecule has 1 aromatic heterocycles. The van der Waals surface area contributed by atoms with E-state index in [9.17, 15) is 8.42 Å². The van der Waals surface area contributed by atoms with Gasteiger partial charge < -0.3 is 4.74 Å². The van der Waals surface area contributed by atoms with Crippen molar-refractivity contribution >= 4 is 10.0 Å². The van der Waals surface area contributed by atoms with E-state index in [1.807, 2.05) is 13.2 Å². The molecule has 0 amide bonds. The van der Waals surface area contributed by atoms with Gasteiger partial charge in [0.1, 0.15) is 5.75 Å². The van der Waals surface area contributed by atoms with E-state index in [1.54, 1.807) is 29.1 Å². The second-order valence-electron chi connectivity index (χ2n) is 5.39. The minimum atomic E-state index is -3.49. The maximum absolute atomic E-state index is 12.3. The molecule has 2 heterocycles. The van der Waals surface area contributed by atoms with E-state index in [0.29, 0.717) is 24.5 Å². The molecule has 22 heavy (non-hydrogen) atoms. The van der Waals surface area contributed by atoms with Gasteiger partial charge in [0.15, 0.2) is 0 Å². The molecule has 1 aliphatic heterocycles. The molecule has 1 aromatic carbocycles. The monoisotopic (exact) mass is 321 g/mol. The zero-order valence-corrected chi connectivity index (χ0v) is 13.3. The van der Waals surface area contributed by atoms with Crippen molar-refractivity contribution in [2.45, 2.75) is 24.2 Å². The lowest BCUT2D eigenvalue weighted by Gasteiger charge is -2.18. The molecule has 118 valence electrons. The first kappa shape index (κ1) is 15.1. The summed E-state index contributed by atoms with van der Waals surface area (Å²) in [5, 5.41) is 4.06. The van der Waals surface area contributed by atoms with Crippen LogP contribution in [0.4, 0.5) is 0 Å². The second-order valence-corrected chi connectivity index (χ2v) is 7.16. The molecule has 0 saturated heterocycles. The average Bonchev–Trinajstić information content (AvgIpc) is 2.92. The minimum absolute atomic E-state index is 0.294. The number of sulfonamides is 1. The Kier molecular flexibility index (Phi) is 4.17. The molecule has 3 rings (SSSR count). The van der Waals surface area contributed by atoms with E-state index in [4.69, 9.17) is 4.74 Å². The molecule has 0 spiro atoms. The lowest BCUT2D eigenvalue weighted by Crippen LogP contribution is -2.26. The van der Waals surface area contributed by atoms with Gasteiger partial charge in [0.2, 0.25) is 10.0 Å². The van der Waals surface area contributed by atoms with Gasteiger partial charge in [0, 0.05) is 19.8 Å². The van der Waals surface area contributed by atoms with Crippen LogP contribution in [0.1, 0.15) is 17.5 Å². The van der Waals surface area contributed by atoms with Gasteiger partial charge in [-0.3, -0.25) is 4.68 Å². The molecule has 7 heteroatoms. The molecule has 1 aliphatic rings. The molecule has 6 nitrogen and oxygen atoms in total. The van der Waals surface area contributed by atoms with Crippen molar-refractivity contribution in [3.63, 3.8) is 0 Å². The quantitative estimate of drug-likeness (QED) is 0.900. The van der Waals surface area contributed by atoms with Crippen molar-refractivity contribution in [3.05, 3.63) is 41.7 Å². The van der Waals surface area contributed by atoms with Gasteiger partial charge in [-0.1, -0.05) is 0 Å². The van der Waals surface area contributed by atoms with Crippen LogP contribution in [0.3, 0.4) is 0 Å². The highest BCUT2D eigenvalue weighted by Gasteiger charge is 2.18. The van der Waals surface area contributed by atoms with Crippen molar-refractivity contribution in [2.75, 3.05) is 13.2 Å². The third-order valence-electron chi connectivity index (χ3n) is 3.65. The van der Waals surface area contributed by atoms with E-state index >= 15 is 0 Å². The highest BCUT2D eigenvalue weighted by atomic mass is 32.2. The maximum Gasteiger partial charge on any atom is 0.240 e. The van der Waals surface area contributed by atoms with Gasteiger partial charge in [-0.15, -0.1) is 0 Å². The van der Waals surface area contributed by atoms with E-state index in [1.165, 1.54) is 0 Å². The van der Waals surface area contributed by atoms with Crippen molar-refractivity contribution in [1.82, 2.24) is 14.5 Å². The summed E-state index contributed by atoms with van der Waals surface area (Å²) in [6, 6.07) is 5.04. The molecule has 0 aliphatic carbocycles. The van der Waals surface area contributed by atoms with Crippen LogP contribution in [-0.2, 0) is 29.9 Å². The molecule has 0 bridgehead atoms. The maximum atomic E-state index is 12.3. The van der Waals surface area contributed by atoms with E-state index < -0.39 is 10.0 Å². The van der Waals surface area contributed by atoms with Gasteiger partial charge in [0.05, 0.1) is 17.7 Å². The molecule has 0 atom stereocenters. The van der Waals surface area contributed by atoms with Gasteiger partial charge in [-0.05, 0) is 48.6 Å². The van der Waals surface area contributed by atoms with Crippen LogP contribution in [-0.4, -0.2) is 31.3 Å². The first-order valence-electron chi connectivity index (χ1n) is 7.27. The summed E-state index contributed by atoms with van der Waals surface area (Å²) in [4.78, 5) is 0.294. The molecule has 1 N–H and O–H groups in total. The number of nitrogens with zero attached hydrogens (tertiary/aromatic N) is 2. The summed E-state index contributed by atoms with van der Waals surface area (Å²) in [6.45, 7) is 1.05. The number of hydrogen-bond donors (Lipinski definition) is 1. The van der Waals surface area contributed by atoms with Gasteiger partial charge in [-0.25, -0.2) is 13.1 Å². The zero-order valence-electron chi connectivity index (χ0n) is 12.4. The Labute approximate surface area is 130 Å². The Bertz CT molecular complexity index is 768. The second kappa shape index (κ2) is 6.10. The van der Waals surface area contributed by atoms with Crippen molar-refractivity contribution in [2.24, 2.45) is 7.05 Å². The summed E-state index contributed by atoms with van der Waals surface area (Å²) >= 11 is 0. The van der Waals surface area contributed by atoms with Crippen LogP contribution in [0.25, 0.3) is 0 Å². The molecule has 0 radical (unpaired) electrons. The molecule has 2 aromatic rings. The normalized spacial score (nSPS) is 14.4. The number of aryl methyl sites for hydroxylation is 2. The van der Waals surface area contributed by atoms with Crippen molar-refractivity contribution < 1.29 is 13.2 Å². The van der Waals surface area contributed by atoms with Crippen molar-refractivity contribution in [1.29, 1.82) is 0 Å². The van der Waals surface area contributed by atoms with Crippen LogP contribution in [0.15, 0.2) is 35.5 Å². The van der Waals surface area contributed by atoms with Crippen LogP contribution >= 0.6 is 0 Å². The summed E-state index contributed by atoms with van der Waals surface area (Å²) in [5.41, 5.74) is 1.96. The lowest BCUT2D eigenvalue weighted by atomic mass is 10.1. The van der Waals surface area contributed by atoms with E-state index in [-0.39, 0.29) is 0 Å². The smallest absolute Gasteiger partial charge is 0.240 e. The number of aromatic nitrogens is 2. The fraction of sp³-hybridized carbons (Fsp3) is 0.400. The Morgan fingerprint density at radius 3 is 3.05 bits per heavy atom. The van der Waals surface area contributed by atoms with Gasteiger partial charge >= 0.3 is 0 Å². The molecule has 0 unspecified atom stereocenters. The first-order chi connectivity index (χ1) is 10.5. The predicted octanol–water partition coefficient (Wildman–Crippen LogP) is 1.27. The highest BCUT2D eigenvalue weighted by molar-refractivity contribution is 7.89. The average molecular weight is 321 g/mol. The van der Waals surface area contributed by atoms with E-state index in [0.717, 1.165) is 29.7 Å². The van der Waals surface area contributed by atoms with E-state index in [2.05, 4.69) is 9.82 Å². The standard InChI is InChI=1S/C15H19N3O3S/c1-18-11-12(10-16-18)6-7-17-22(19,20)14-4-5-15-13(9-14)3-2-8-21-15/h4-5,9-11,17H,2-3,6-8H2,1H3. The molecule has 0 fully saturated rings.